The summed E-state index contributed by atoms with van der Waals surface area (Å²) in [5.41, 5.74) is 0.739. The van der Waals surface area contributed by atoms with Crippen LogP contribution in [-0.2, 0) is 29.2 Å². The highest BCUT2D eigenvalue weighted by atomic mass is 35.5. The highest BCUT2D eigenvalue weighted by molar-refractivity contribution is 7.93. The molecule has 1 aliphatic heterocycles. The van der Waals surface area contributed by atoms with E-state index in [0.717, 1.165) is 23.2 Å². The standard InChI is InChI=1S/C35H38Cl2F3N5O4S/c1-43(2)34(14-11-24-7-5-8-26(17-24)35(38,39)40)13-6-16-44(22-34)27-18-29(36)33(30(37)19-27)50(46,47)45(32-12-15-41-23-42-32)21-25-9-10-28(48-3)20-31(25)49-4/h5,7-10,12,15,17-20,23H,6,11,13-14,16,21-22H2,1-4H3. The van der Waals surface area contributed by atoms with Crippen LogP contribution in [0.1, 0.15) is 36.0 Å². The van der Waals surface area contributed by atoms with Crippen molar-refractivity contribution >= 4 is 44.7 Å². The number of anilines is 2. The van der Waals surface area contributed by atoms with E-state index in [0.29, 0.717) is 54.2 Å². The molecule has 1 aliphatic rings. The van der Waals surface area contributed by atoms with Crippen molar-refractivity contribution < 1.29 is 31.1 Å². The minimum Gasteiger partial charge on any atom is -0.497 e. The predicted octanol–water partition coefficient (Wildman–Crippen LogP) is 7.75. The number of piperidine rings is 1. The summed E-state index contributed by atoms with van der Waals surface area (Å²) in [6.07, 6.45) is 0.941. The lowest BCUT2D eigenvalue weighted by atomic mass is 9.82. The molecule has 1 aromatic heterocycles. The lowest BCUT2D eigenvalue weighted by Gasteiger charge is -2.48. The second-order valence-electron chi connectivity index (χ2n) is 12.3. The number of hydrogen-bond acceptors (Lipinski definition) is 8. The van der Waals surface area contributed by atoms with Crippen LogP contribution in [0.3, 0.4) is 0 Å². The lowest BCUT2D eigenvalue weighted by Crippen LogP contribution is -2.56. The van der Waals surface area contributed by atoms with E-state index in [1.165, 1.54) is 44.9 Å². The minimum absolute atomic E-state index is 0.0711. The zero-order chi connectivity index (χ0) is 36.3. The average Bonchev–Trinajstić information content (AvgIpc) is 3.09. The Morgan fingerprint density at radius 2 is 1.74 bits per heavy atom. The number of sulfonamides is 1. The van der Waals surface area contributed by atoms with E-state index in [4.69, 9.17) is 32.7 Å². The SMILES string of the molecule is COc1ccc(CN(c2ccncn2)S(=O)(=O)c2c(Cl)cc(N3CCCC(CCc4cccc(C(F)(F)F)c4)(N(C)C)C3)cc2Cl)c(OC)c1. The molecule has 4 aromatic rings. The molecule has 1 unspecified atom stereocenters. The molecular formula is C35H38Cl2F3N5O4S. The van der Waals surface area contributed by atoms with Gasteiger partial charge in [0.05, 0.1) is 36.4 Å². The Kier molecular flexibility index (Phi) is 11.4. The number of likely N-dealkylation sites (N-methyl/N-ethyl adjacent to an activating group) is 1. The Balaban J connectivity index is 1.45. The van der Waals surface area contributed by atoms with Crippen molar-refractivity contribution in [3.63, 3.8) is 0 Å². The van der Waals surface area contributed by atoms with Gasteiger partial charge in [-0.25, -0.2) is 22.7 Å². The first kappa shape index (κ1) is 37.5. The van der Waals surface area contributed by atoms with Crippen molar-refractivity contribution in [2.75, 3.05) is 50.6 Å². The van der Waals surface area contributed by atoms with Crippen molar-refractivity contribution in [3.8, 4) is 11.5 Å². The Morgan fingerprint density at radius 3 is 2.36 bits per heavy atom. The molecule has 1 atom stereocenters. The normalized spacial score (nSPS) is 16.8. The van der Waals surface area contributed by atoms with Gasteiger partial charge in [0.25, 0.3) is 10.0 Å². The van der Waals surface area contributed by atoms with E-state index >= 15 is 0 Å². The highest BCUT2D eigenvalue weighted by Crippen LogP contribution is 2.41. The molecule has 1 fully saturated rings. The molecule has 5 rings (SSSR count). The van der Waals surface area contributed by atoms with Crippen molar-refractivity contribution in [3.05, 3.63) is 99.9 Å². The smallest absolute Gasteiger partial charge is 0.416 e. The number of halogens is 5. The summed E-state index contributed by atoms with van der Waals surface area (Å²) in [4.78, 5) is 12.1. The summed E-state index contributed by atoms with van der Waals surface area (Å²) < 4.78 is 80.9. The maximum Gasteiger partial charge on any atom is 0.416 e. The van der Waals surface area contributed by atoms with E-state index in [-0.39, 0.29) is 32.8 Å². The van der Waals surface area contributed by atoms with Gasteiger partial charge in [0.2, 0.25) is 0 Å². The fraction of sp³-hybridized carbons (Fsp3) is 0.371. The molecule has 50 heavy (non-hydrogen) atoms. The van der Waals surface area contributed by atoms with E-state index in [9.17, 15) is 21.6 Å². The number of nitrogens with zero attached hydrogens (tertiary/aromatic N) is 5. The number of aromatic nitrogens is 2. The maximum atomic E-state index is 14.4. The van der Waals surface area contributed by atoms with Gasteiger partial charge in [-0.05, 0) is 75.7 Å². The maximum absolute atomic E-state index is 14.4. The van der Waals surface area contributed by atoms with Crippen LogP contribution in [-0.4, -0.2) is 70.2 Å². The zero-order valence-electron chi connectivity index (χ0n) is 28.0. The van der Waals surface area contributed by atoms with Crippen LogP contribution >= 0.6 is 23.2 Å². The topological polar surface area (TPSA) is 88.1 Å². The molecule has 0 radical (unpaired) electrons. The highest BCUT2D eigenvalue weighted by Gasteiger charge is 2.39. The lowest BCUT2D eigenvalue weighted by molar-refractivity contribution is -0.137. The molecule has 1 saturated heterocycles. The second-order valence-corrected chi connectivity index (χ2v) is 15.0. The molecule has 2 heterocycles. The number of aryl methyl sites for hydroxylation is 1. The van der Waals surface area contributed by atoms with Gasteiger partial charge < -0.3 is 19.3 Å². The van der Waals surface area contributed by atoms with Crippen molar-refractivity contribution in [2.45, 2.75) is 48.8 Å². The fourth-order valence-electron chi connectivity index (χ4n) is 6.35. The van der Waals surface area contributed by atoms with E-state index in [1.807, 2.05) is 14.1 Å². The summed E-state index contributed by atoms with van der Waals surface area (Å²) in [6, 6.07) is 15.1. The van der Waals surface area contributed by atoms with Crippen LogP contribution in [0, 0.1) is 0 Å². The fourth-order valence-corrected chi connectivity index (χ4v) is 8.90. The molecule has 0 saturated carbocycles. The molecule has 15 heteroatoms. The van der Waals surface area contributed by atoms with Crippen LogP contribution in [0.15, 0.2) is 78.1 Å². The van der Waals surface area contributed by atoms with E-state index < -0.39 is 21.8 Å². The summed E-state index contributed by atoms with van der Waals surface area (Å²) in [5, 5.41) is -0.142. The van der Waals surface area contributed by atoms with Gasteiger partial charge in [-0.1, -0.05) is 41.4 Å². The minimum atomic E-state index is -4.41. The van der Waals surface area contributed by atoms with Crippen molar-refractivity contribution in [1.29, 1.82) is 0 Å². The third kappa shape index (κ3) is 8.06. The predicted molar refractivity (Wildman–Crippen MR) is 189 cm³/mol. The second kappa shape index (κ2) is 15.2. The first-order chi connectivity index (χ1) is 23.7. The third-order valence-electron chi connectivity index (χ3n) is 9.16. The largest absolute Gasteiger partial charge is 0.497 e. The van der Waals surface area contributed by atoms with Crippen LogP contribution in [0.4, 0.5) is 24.7 Å². The zero-order valence-corrected chi connectivity index (χ0v) is 30.4. The molecule has 9 nitrogen and oxygen atoms in total. The van der Waals surface area contributed by atoms with Crippen molar-refractivity contribution in [1.82, 2.24) is 14.9 Å². The number of rotatable bonds is 12. The van der Waals surface area contributed by atoms with Gasteiger partial charge in [0.1, 0.15) is 28.5 Å². The first-order valence-electron chi connectivity index (χ1n) is 15.8. The van der Waals surface area contributed by atoms with Gasteiger partial charge in [-0.2, -0.15) is 13.2 Å². The van der Waals surface area contributed by atoms with Gasteiger partial charge in [0, 0.05) is 48.2 Å². The molecular weight excluding hydrogens is 714 g/mol. The van der Waals surface area contributed by atoms with E-state index in [2.05, 4.69) is 19.8 Å². The van der Waals surface area contributed by atoms with Crippen LogP contribution < -0.4 is 18.7 Å². The Labute approximate surface area is 300 Å². The summed E-state index contributed by atoms with van der Waals surface area (Å²) in [5.74, 6) is 1.05. The molecule has 3 aromatic carbocycles. The quantitative estimate of drug-likeness (QED) is 0.145. The molecule has 0 aliphatic carbocycles. The number of ether oxygens (including phenoxy) is 2. The molecule has 0 spiro atoms. The molecule has 268 valence electrons. The average molecular weight is 753 g/mol. The summed E-state index contributed by atoms with van der Waals surface area (Å²) in [6.45, 7) is 1.02. The summed E-state index contributed by atoms with van der Waals surface area (Å²) in [7, 11) is 2.52. The van der Waals surface area contributed by atoms with Gasteiger partial charge in [0.15, 0.2) is 0 Å². The Morgan fingerprint density at radius 1 is 1.00 bits per heavy atom. The van der Waals surface area contributed by atoms with Crippen molar-refractivity contribution in [2.24, 2.45) is 0 Å². The van der Waals surface area contributed by atoms with Gasteiger partial charge >= 0.3 is 6.18 Å². The third-order valence-corrected chi connectivity index (χ3v) is 11.8. The van der Waals surface area contributed by atoms with Crippen LogP contribution in [0.2, 0.25) is 10.0 Å². The molecule has 0 N–H and O–H groups in total. The monoisotopic (exact) mass is 751 g/mol. The van der Waals surface area contributed by atoms with Gasteiger partial charge in [-0.15, -0.1) is 0 Å². The van der Waals surface area contributed by atoms with Gasteiger partial charge in [-0.3, -0.25) is 0 Å². The Bertz CT molecular complexity index is 1900. The van der Waals surface area contributed by atoms with Crippen LogP contribution in [0.5, 0.6) is 11.5 Å². The number of hydrogen-bond donors (Lipinski definition) is 0. The number of methoxy groups -OCH3 is 2. The molecule has 0 bridgehead atoms. The number of benzene rings is 3. The number of alkyl halides is 3. The Hall–Kier alpha value is -3.78. The van der Waals surface area contributed by atoms with Crippen LogP contribution in [0.25, 0.3) is 0 Å². The summed E-state index contributed by atoms with van der Waals surface area (Å²) >= 11 is 13.6. The first-order valence-corrected chi connectivity index (χ1v) is 18.0. The molecule has 0 amide bonds. The van der Waals surface area contributed by atoms with E-state index in [1.54, 1.807) is 36.4 Å².